The lowest BCUT2D eigenvalue weighted by Crippen LogP contribution is -2.34. The fourth-order valence-corrected chi connectivity index (χ4v) is 2.83. The van der Waals surface area contributed by atoms with E-state index in [4.69, 9.17) is 0 Å². The van der Waals surface area contributed by atoms with Crippen molar-refractivity contribution in [2.24, 2.45) is 5.92 Å². The first-order valence-corrected chi connectivity index (χ1v) is 8.71. The molecule has 5 heteroatoms. The van der Waals surface area contributed by atoms with Crippen LogP contribution in [0.25, 0.3) is 0 Å². The van der Waals surface area contributed by atoms with Gasteiger partial charge in [0.1, 0.15) is 0 Å². The predicted molar refractivity (Wildman–Crippen MR) is 89.4 cm³/mol. The van der Waals surface area contributed by atoms with E-state index >= 15 is 0 Å². The lowest BCUT2D eigenvalue weighted by atomic mass is 10.2. The van der Waals surface area contributed by atoms with Gasteiger partial charge in [-0.1, -0.05) is 20.8 Å². The summed E-state index contributed by atoms with van der Waals surface area (Å²) in [5.74, 6) is 2.59. The monoisotopic (exact) mass is 296 g/mol. The normalized spacial score (nSPS) is 12.7. The third kappa shape index (κ3) is 5.67. The number of hydrogen-bond acceptors (Lipinski definition) is 5. The van der Waals surface area contributed by atoms with Crippen LogP contribution in [0, 0.1) is 5.92 Å². The van der Waals surface area contributed by atoms with Crippen molar-refractivity contribution in [3.63, 3.8) is 0 Å². The van der Waals surface area contributed by atoms with Gasteiger partial charge in [0.25, 0.3) is 0 Å². The number of hydrogen-bond donors (Lipinski definition) is 1. The Morgan fingerprint density at radius 1 is 1.30 bits per heavy atom. The summed E-state index contributed by atoms with van der Waals surface area (Å²) in [7, 11) is 2.08. The predicted octanol–water partition coefficient (Wildman–Crippen LogP) is 2.80. The van der Waals surface area contributed by atoms with E-state index in [9.17, 15) is 0 Å². The summed E-state index contributed by atoms with van der Waals surface area (Å²) in [5.41, 5.74) is 1.14. The Labute approximate surface area is 127 Å². The number of thioether (sulfide) groups is 1. The average molecular weight is 296 g/mol. The summed E-state index contributed by atoms with van der Waals surface area (Å²) < 4.78 is 0. The topological polar surface area (TPSA) is 41.1 Å². The number of anilines is 1. The highest BCUT2D eigenvalue weighted by Gasteiger charge is 2.14. The van der Waals surface area contributed by atoms with Crippen molar-refractivity contribution in [2.75, 3.05) is 30.5 Å². The van der Waals surface area contributed by atoms with Gasteiger partial charge in [0.05, 0.1) is 0 Å². The van der Waals surface area contributed by atoms with Crippen molar-refractivity contribution in [3.05, 3.63) is 18.0 Å². The molecule has 0 aliphatic heterocycles. The molecule has 0 aromatic carbocycles. The SMILES string of the molecule is CCC(CSC)N(C)c1ncc(CNCC(C)C)cn1. The largest absolute Gasteiger partial charge is 0.340 e. The zero-order valence-electron chi connectivity index (χ0n) is 13.4. The van der Waals surface area contributed by atoms with Crippen LogP contribution >= 0.6 is 11.8 Å². The van der Waals surface area contributed by atoms with Gasteiger partial charge in [-0.05, 0) is 25.1 Å². The Hall–Kier alpha value is -0.810. The Bertz CT molecular complexity index is 367. The van der Waals surface area contributed by atoms with Gasteiger partial charge in [0.2, 0.25) is 5.95 Å². The van der Waals surface area contributed by atoms with E-state index in [0.717, 1.165) is 36.8 Å². The molecule has 0 aliphatic carbocycles. The number of aromatic nitrogens is 2. The van der Waals surface area contributed by atoms with Gasteiger partial charge in [0, 0.05) is 43.3 Å². The molecule has 1 heterocycles. The van der Waals surface area contributed by atoms with Crippen LogP contribution < -0.4 is 10.2 Å². The van der Waals surface area contributed by atoms with Crippen molar-refractivity contribution in [2.45, 2.75) is 39.8 Å². The highest BCUT2D eigenvalue weighted by Crippen LogP contribution is 2.14. The second kappa shape index (κ2) is 9.19. The molecule has 1 aromatic rings. The van der Waals surface area contributed by atoms with Gasteiger partial charge >= 0.3 is 0 Å². The summed E-state index contributed by atoms with van der Waals surface area (Å²) in [6, 6.07) is 0.495. The molecular formula is C15H28N4S. The van der Waals surface area contributed by atoms with Crippen molar-refractivity contribution in [3.8, 4) is 0 Å². The van der Waals surface area contributed by atoms with E-state index in [1.165, 1.54) is 0 Å². The molecule has 1 atom stereocenters. The summed E-state index contributed by atoms with van der Waals surface area (Å²) in [4.78, 5) is 11.2. The number of nitrogens with one attached hydrogen (secondary N) is 1. The zero-order valence-corrected chi connectivity index (χ0v) is 14.2. The van der Waals surface area contributed by atoms with E-state index in [1.807, 2.05) is 24.2 Å². The summed E-state index contributed by atoms with van der Waals surface area (Å²) >= 11 is 1.87. The first-order valence-electron chi connectivity index (χ1n) is 7.31. The third-order valence-corrected chi connectivity index (χ3v) is 3.98. The maximum atomic E-state index is 4.49. The molecule has 4 nitrogen and oxygen atoms in total. The molecule has 20 heavy (non-hydrogen) atoms. The van der Waals surface area contributed by atoms with Crippen LogP contribution in [-0.2, 0) is 6.54 Å². The third-order valence-electron chi connectivity index (χ3n) is 3.27. The summed E-state index contributed by atoms with van der Waals surface area (Å²) in [5, 5.41) is 3.41. The van der Waals surface area contributed by atoms with Gasteiger partial charge in [-0.25, -0.2) is 9.97 Å². The summed E-state index contributed by atoms with van der Waals surface area (Å²) in [6.45, 7) is 8.48. The van der Waals surface area contributed by atoms with Crippen LogP contribution in [-0.4, -0.2) is 41.6 Å². The van der Waals surface area contributed by atoms with Crippen molar-refractivity contribution in [1.82, 2.24) is 15.3 Å². The van der Waals surface area contributed by atoms with E-state index in [2.05, 4.69) is 54.3 Å². The quantitative estimate of drug-likeness (QED) is 0.759. The van der Waals surface area contributed by atoms with Crippen molar-refractivity contribution < 1.29 is 0 Å². The molecule has 0 aliphatic rings. The fourth-order valence-electron chi connectivity index (χ4n) is 1.99. The zero-order chi connectivity index (χ0) is 15.0. The summed E-state index contributed by atoms with van der Waals surface area (Å²) in [6.07, 6.45) is 7.11. The Kier molecular flexibility index (Phi) is 7.92. The minimum atomic E-state index is 0.495. The second-order valence-corrected chi connectivity index (χ2v) is 6.46. The van der Waals surface area contributed by atoms with Gasteiger partial charge in [0.15, 0.2) is 0 Å². The van der Waals surface area contributed by atoms with Gasteiger partial charge in [-0.15, -0.1) is 0 Å². The van der Waals surface area contributed by atoms with Crippen LogP contribution in [0.5, 0.6) is 0 Å². The molecule has 1 rings (SSSR count). The molecule has 0 saturated heterocycles. The first-order chi connectivity index (χ1) is 9.58. The molecule has 114 valence electrons. The van der Waals surface area contributed by atoms with E-state index < -0.39 is 0 Å². The molecule has 0 saturated carbocycles. The molecule has 1 aromatic heterocycles. The maximum Gasteiger partial charge on any atom is 0.225 e. The van der Waals surface area contributed by atoms with Crippen molar-refractivity contribution >= 4 is 17.7 Å². The first kappa shape index (κ1) is 17.2. The van der Waals surface area contributed by atoms with Crippen LogP contribution in [0.3, 0.4) is 0 Å². The lowest BCUT2D eigenvalue weighted by Gasteiger charge is -2.26. The van der Waals surface area contributed by atoms with Crippen LogP contribution in [0.1, 0.15) is 32.8 Å². The smallest absolute Gasteiger partial charge is 0.225 e. The Morgan fingerprint density at radius 2 is 1.95 bits per heavy atom. The highest BCUT2D eigenvalue weighted by atomic mass is 32.2. The molecule has 0 fully saturated rings. The molecular weight excluding hydrogens is 268 g/mol. The molecule has 0 amide bonds. The lowest BCUT2D eigenvalue weighted by molar-refractivity contribution is 0.551. The molecule has 0 spiro atoms. The average Bonchev–Trinajstić information content (AvgIpc) is 2.44. The molecule has 1 N–H and O–H groups in total. The Balaban J connectivity index is 2.56. The van der Waals surface area contributed by atoms with E-state index in [-0.39, 0.29) is 0 Å². The number of nitrogens with zero attached hydrogens (tertiary/aromatic N) is 3. The van der Waals surface area contributed by atoms with Crippen LogP contribution in [0.4, 0.5) is 5.95 Å². The minimum Gasteiger partial charge on any atom is -0.340 e. The van der Waals surface area contributed by atoms with Crippen molar-refractivity contribution in [1.29, 1.82) is 0 Å². The van der Waals surface area contributed by atoms with Crippen LogP contribution in [0.2, 0.25) is 0 Å². The molecule has 0 radical (unpaired) electrons. The van der Waals surface area contributed by atoms with E-state index in [0.29, 0.717) is 12.0 Å². The minimum absolute atomic E-state index is 0.495. The van der Waals surface area contributed by atoms with Gasteiger partial charge < -0.3 is 10.2 Å². The molecule has 0 bridgehead atoms. The highest BCUT2D eigenvalue weighted by molar-refractivity contribution is 7.98. The van der Waals surface area contributed by atoms with E-state index in [1.54, 1.807) is 0 Å². The standard InChI is InChI=1S/C15H28N4S/c1-6-14(11-20-5)19(4)15-17-9-13(10-18-15)8-16-7-12(2)3/h9-10,12,14,16H,6-8,11H2,1-5H3. The van der Waals surface area contributed by atoms with Crippen LogP contribution in [0.15, 0.2) is 12.4 Å². The second-order valence-electron chi connectivity index (χ2n) is 5.54. The fraction of sp³-hybridized carbons (Fsp3) is 0.733. The molecule has 1 unspecified atom stereocenters. The number of rotatable bonds is 9. The maximum absolute atomic E-state index is 4.49. The van der Waals surface area contributed by atoms with Gasteiger partial charge in [-0.2, -0.15) is 11.8 Å². The van der Waals surface area contributed by atoms with Gasteiger partial charge in [-0.3, -0.25) is 0 Å². The Morgan fingerprint density at radius 3 is 2.45 bits per heavy atom.